The predicted molar refractivity (Wildman–Crippen MR) is 152 cm³/mol. The Balaban J connectivity index is 1.72. The van der Waals surface area contributed by atoms with E-state index in [1.807, 2.05) is 37.3 Å². The molecule has 1 aromatic carbocycles. The van der Waals surface area contributed by atoms with Crippen LogP contribution in [0.4, 0.5) is 0 Å². The zero-order valence-corrected chi connectivity index (χ0v) is 24.8. The van der Waals surface area contributed by atoms with Gasteiger partial charge in [-0.25, -0.2) is 4.98 Å². The minimum Gasteiger partial charge on any atom is -0.493 e. The Bertz CT molecular complexity index is 1220. The summed E-state index contributed by atoms with van der Waals surface area (Å²) in [6.07, 6.45) is 1.78. The van der Waals surface area contributed by atoms with Crippen molar-refractivity contribution in [3.8, 4) is 11.5 Å². The van der Waals surface area contributed by atoms with Gasteiger partial charge in [0.15, 0.2) is 17.2 Å². The van der Waals surface area contributed by atoms with Gasteiger partial charge in [0.25, 0.3) is 5.91 Å². The summed E-state index contributed by atoms with van der Waals surface area (Å²) < 4.78 is 27.1. The van der Waals surface area contributed by atoms with Crippen molar-refractivity contribution in [3.63, 3.8) is 0 Å². The molecule has 1 fully saturated rings. The van der Waals surface area contributed by atoms with Crippen molar-refractivity contribution in [1.29, 1.82) is 0 Å². The number of cyclic esters (lactones) is 2. The van der Waals surface area contributed by atoms with Crippen LogP contribution >= 0.6 is 0 Å². The molecule has 2 aromatic rings. The van der Waals surface area contributed by atoms with Gasteiger partial charge in [-0.2, -0.15) is 0 Å². The lowest BCUT2D eigenvalue weighted by atomic mass is 9.78. The van der Waals surface area contributed by atoms with E-state index < -0.39 is 36.7 Å². The molecule has 11 nitrogen and oxygen atoms in total. The first-order chi connectivity index (χ1) is 20.1. The quantitative estimate of drug-likeness (QED) is 0.223. The molecule has 0 radical (unpaired) electrons. The summed E-state index contributed by atoms with van der Waals surface area (Å²) in [4.78, 5) is 54.6. The molecule has 4 atom stereocenters. The fraction of sp³-hybridized carbons (Fsp3) is 0.516. The lowest BCUT2D eigenvalue weighted by Crippen LogP contribution is -2.38. The first kappa shape index (κ1) is 32.4. The molecule has 228 valence electrons. The van der Waals surface area contributed by atoms with Crippen molar-refractivity contribution in [3.05, 3.63) is 53.9 Å². The molecule has 2 heterocycles. The Hall–Kier alpha value is -4.15. The van der Waals surface area contributed by atoms with Crippen LogP contribution in [0.25, 0.3) is 0 Å². The van der Waals surface area contributed by atoms with Crippen LogP contribution in [0.15, 0.2) is 42.6 Å². The average molecular weight is 585 g/mol. The number of aromatic nitrogens is 1. The molecule has 11 heteroatoms. The first-order valence-corrected chi connectivity index (χ1v) is 14.1. The predicted octanol–water partition coefficient (Wildman–Crippen LogP) is 3.74. The van der Waals surface area contributed by atoms with E-state index in [0.717, 1.165) is 5.56 Å². The van der Waals surface area contributed by atoms with Gasteiger partial charge in [0.2, 0.25) is 6.79 Å². The lowest BCUT2D eigenvalue weighted by molar-refractivity contribution is -0.154. The molecule has 1 aliphatic rings. The van der Waals surface area contributed by atoms with Crippen LogP contribution in [-0.2, 0) is 35.0 Å². The van der Waals surface area contributed by atoms with Crippen molar-refractivity contribution in [2.45, 2.75) is 53.1 Å². The topological polar surface area (TPSA) is 139 Å². The number of hydrogen-bond donors (Lipinski definition) is 1. The zero-order chi connectivity index (χ0) is 30.6. The number of nitrogens with one attached hydrogen (secondary N) is 1. The highest BCUT2D eigenvalue weighted by Crippen LogP contribution is 2.32. The molecule has 1 aromatic heterocycles. The van der Waals surface area contributed by atoms with Crippen LogP contribution < -0.4 is 14.8 Å². The third-order valence-corrected chi connectivity index (χ3v) is 7.05. The molecule has 1 saturated heterocycles. The normalized spacial score (nSPS) is 19.8. The maximum Gasteiger partial charge on any atom is 0.311 e. The zero-order valence-electron chi connectivity index (χ0n) is 24.8. The molecule has 3 rings (SSSR count). The number of hydrogen-bond acceptors (Lipinski definition) is 10. The Kier molecular flexibility index (Phi) is 12.1. The van der Waals surface area contributed by atoms with E-state index in [0.29, 0.717) is 12.8 Å². The van der Waals surface area contributed by atoms with Gasteiger partial charge in [0, 0.05) is 24.7 Å². The van der Waals surface area contributed by atoms with Gasteiger partial charge in [0.05, 0.1) is 25.4 Å². The van der Waals surface area contributed by atoms with Crippen LogP contribution in [0.3, 0.4) is 0 Å². The minimum atomic E-state index is -0.542. The lowest BCUT2D eigenvalue weighted by Gasteiger charge is -2.31. The van der Waals surface area contributed by atoms with Gasteiger partial charge < -0.3 is 29.0 Å². The van der Waals surface area contributed by atoms with Gasteiger partial charge in [-0.3, -0.25) is 19.2 Å². The second kappa shape index (κ2) is 15.7. The molecular formula is C31H40N2O9. The van der Waals surface area contributed by atoms with Crippen LogP contribution in [0.5, 0.6) is 11.5 Å². The van der Waals surface area contributed by atoms with Crippen molar-refractivity contribution in [1.82, 2.24) is 10.3 Å². The van der Waals surface area contributed by atoms with E-state index >= 15 is 0 Å². The number of benzene rings is 1. The van der Waals surface area contributed by atoms with Crippen molar-refractivity contribution < 1.29 is 42.9 Å². The number of pyridine rings is 1. The summed E-state index contributed by atoms with van der Waals surface area (Å²) in [6, 6.07) is 11.1. The molecule has 1 N–H and O–H groups in total. The van der Waals surface area contributed by atoms with Crippen LogP contribution in [0.2, 0.25) is 0 Å². The molecule has 0 aliphatic carbocycles. The summed E-state index contributed by atoms with van der Waals surface area (Å²) in [6.45, 7) is 6.93. The number of methoxy groups -OCH3 is 1. The van der Waals surface area contributed by atoms with Gasteiger partial charge >= 0.3 is 17.9 Å². The summed E-state index contributed by atoms with van der Waals surface area (Å²) in [5, 5.41) is 2.87. The maximum absolute atomic E-state index is 13.2. The highest BCUT2D eigenvalue weighted by molar-refractivity contribution is 5.95. The van der Waals surface area contributed by atoms with Crippen molar-refractivity contribution in [2.75, 3.05) is 27.1 Å². The van der Waals surface area contributed by atoms with E-state index in [4.69, 9.17) is 23.7 Å². The van der Waals surface area contributed by atoms with E-state index in [2.05, 4.69) is 10.3 Å². The molecule has 1 unspecified atom stereocenters. The number of nitrogens with zero attached hydrogens (tertiary/aromatic N) is 1. The first-order valence-electron chi connectivity index (χ1n) is 14.1. The number of rotatable bonds is 12. The van der Waals surface area contributed by atoms with E-state index in [9.17, 15) is 19.2 Å². The Labute approximate surface area is 246 Å². The molecule has 42 heavy (non-hydrogen) atoms. The number of carbonyl (C=O) groups excluding carboxylic acids is 4. The van der Waals surface area contributed by atoms with Crippen LogP contribution in [0.1, 0.15) is 56.6 Å². The average Bonchev–Trinajstić information content (AvgIpc) is 3.01. The fourth-order valence-electron chi connectivity index (χ4n) is 4.76. The Morgan fingerprint density at radius 1 is 1.12 bits per heavy atom. The van der Waals surface area contributed by atoms with Crippen LogP contribution in [0, 0.1) is 23.7 Å². The van der Waals surface area contributed by atoms with Gasteiger partial charge in [0.1, 0.15) is 12.7 Å². The van der Waals surface area contributed by atoms with E-state index in [1.54, 1.807) is 20.8 Å². The van der Waals surface area contributed by atoms with Gasteiger partial charge in [-0.15, -0.1) is 0 Å². The number of amides is 1. The van der Waals surface area contributed by atoms with Crippen molar-refractivity contribution in [2.24, 2.45) is 23.7 Å². The molecular weight excluding hydrogens is 544 g/mol. The highest BCUT2D eigenvalue weighted by atomic mass is 16.7. The molecule has 0 spiro atoms. The summed E-state index contributed by atoms with van der Waals surface area (Å²) in [5.41, 5.74) is 0.941. The third-order valence-electron chi connectivity index (χ3n) is 7.05. The fourth-order valence-corrected chi connectivity index (χ4v) is 4.76. The molecule has 1 aliphatic heterocycles. The standard InChI is InChI=1S/C31H40N2O9/c1-19(2)30(36)41-18-40-28-25(38-5)11-13-32-27(28)29(35)33-17-20(3)15-23-21(4)42-26(34)12-14-39-31(37)24(23)16-22-9-7-6-8-10-22/h6-11,13,19-21,23-24H,12,14-18H2,1-5H3,(H,33,35)/t20?,21-,23-,24+/m0/s1. The third kappa shape index (κ3) is 9.19. The SMILES string of the molecule is COc1ccnc(C(=O)NCC(C)C[C@H]2[C@H](C)OC(=O)CCOC(=O)[C@@H]2Cc2ccccc2)c1OCOC(=O)C(C)C. The molecule has 0 saturated carbocycles. The largest absolute Gasteiger partial charge is 0.493 e. The highest BCUT2D eigenvalue weighted by Gasteiger charge is 2.37. The second-order valence-corrected chi connectivity index (χ2v) is 10.7. The van der Waals surface area contributed by atoms with Crippen LogP contribution in [-0.4, -0.2) is 62.0 Å². The number of esters is 3. The second-order valence-electron chi connectivity index (χ2n) is 10.7. The summed E-state index contributed by atoms with van der Waals surface area (Å²) >= 11 is 0. The smallest absolute Gasteiger partial charge is 0.311 e. The number of ether oxygens (including phenoxy) is 5. The van der Waals surface area contributed by atoms with Gasteiger partial charge in [-0.1, -0.05) is 51.1 Å². The Morgan fingerprint density at radius 3 is 2.55 bits per heavy atom. The molecule has 1 amide bonds. The number of carbonyl (C=O) groups is 4. The van der Waals surface area contributed by atoms with Gasteiger partial charge in [-0.05, 0) is 31.2 Å². The van der Waals surface area contributed by atoms with E-state index in [1.165, 1.54) is 19.4 Å². The van der Waals surface area contributed by atoms with Crippen molar-refractivity contribution >= 4 is 23.8 Å². The Morgan fingerprint density at radius 2 is 1.86 bits per heavy atom. The summed E-state index contributed by atoms with van der Waals surface area (Å²) in [7, 11) is 1.42. The maximum atomic E-state index is 13.2. The summed E-state index contributed by atoms with van der Waals surface area (Å²) in [5.74, 6) is -2.79. The minimum absolute atomic E-state index is 0.00107. The molecule has 0 bridgehead atoms. The monoisotopic (exact) mass is 584 g/mol. The van der Waals surface area contributed by atoms with E-state index in [-0.39, 0.29) is 60.5 Å².